The average Bonchev–Trinajstić information content (AvgIpc) is 3.67. The molecule has 0 bridgehead atoms. The Balaban J connectivity index is 0.822. The zero-order valence-corrected chi connectivity index (χ0v) is 32.6. The predicted octanol–water partition coefficient (Wildman–Crippen LogP) is 4.85. The quantitative estimate of drug-likeness (QED) is 0.302. The van der Waals surface area contributed by atoms with Crippen molar-refractivity contribution in [2.45, 2.75) is 84.7 Å². The number of carbonyl (C=O) groups excluding carboxylic acids is 5. The van der Waals surface area contributed by atoms with Gasteiger partial charge in [-0.2, -0.15) is 5.26 Å². The lowest BCUT2D eigenvalue weighted by atomic mass is 9.49. The van der Waals surface area contributed by atoms with Gasteiger partial charge >= 0.3 is 0 Å². The summed E-state index contributed by atoms with van der Waals surface area (Å²) in [7, 11) is 0. The van der Waals surface area contributed by atoms with Gasteiger partial charge in [-0.15, -0.1) is 0 Å². The Hall–Kier alpha value is -5.32. The van der Waals surface area contributed by atoms with Crippen LogP contribution in [-0.2, 0) is 22.7 Å². The summed E-state index contributed by atoms with van der Waals surface area (Å²) in [5.74, 6) is -0.257. The van der Waals surface area contributed by atoms with Gasteiger partial charge in [0.15, 0.2) is 0 Å². The molecular formula is C42H44ClN7O6. The van der Waals surface area contributed by atoms with E-state index in [4.69, 9.17) is 16.3 Å². The van der Waals surface area contributed by atoms with Gasteiger partial charge in [0.25, 0.3) is 17.7 Å². The normalized spacial score (nSPS) is 24.2. The molecule has 56 heavy (non-hydrogen) atoms. The molecule has 1 atom stereocenters. The molecule has 0 radical (unpaired) electrons. The van der Waals surface area contributed by atoms with Crippen molar-refractivity contribution in [3.05, 3.63) is 87.1 Å². The first-order valence-electron chi connectivity index (χ1n) is 19.1. The van der Waals surface area contributed by atoms with Crippen molar-refractivity contribution in [1.29, 1.82) is 5.26 Å². The number of fused-ring (bicyclic) bond motifs is 2. The fourth-order valence-electron chi connectivity index (χ4n) is 9.80. The molecule has 2 N–H and O–H groups in total. The lowest BCUT2D eigenvalue weighted by Gasteiger charge is -2.63. The second-order valence-electron chi connectivity index (χ2n) is 16.9. The number of hydrogen-bond donors (Lipinski definition) is 2. The van der Waals surface area contributed by atoms with E-state index in [-0.39, 0.29) is 41.7 Å². The number of hydrogen-bond acceptors (Lipinski definition) is 10. The number of rotatable bonds is 8. The highest BCUT2D eigenvalue weighted by Crippen LogP contribution is 2.55. The number of pyridine rings is 1. The van der Waals surface area contributed by atoms with Crippen molar-refractivity contribution in [2.75, 3.05) is 24.5 Å². The Morgan fingerprint density at radius 2 is 1.62 bits per heavy atom. The van der Waals surface area contributed by atoms with Gasteiger partial charge in [-0.1, -0.05) is 39.3 Å². The first-order valence-corrected chi connectivity index (χ1v) is 19.5. The van der Waals surface area contributed by atoms with Crippen molar-refractivity contribution in [3.63, 3.8) is 0 Å². The summed E-state index contributed by atoms with van der Waals surface area (Å²) >= 11 is 6.24. The fraction of sp³-hybridized carbons (Fsp3) is 0.452. The van der Waals surface area contributed by atoms with Crippen LogP contribution < -0.4 is 20.3 Å². The van der Waals surface area contributed by atoms with Crippen molar-refractivity contribution in [1.82, 2.24) is 25.4 Å². The molecule has 5 amide bonds. The zero-order chi connectivity index (χ0) is 39.7. The van der Waals surface area contributed by atoms with Crippen molar-refractivity contribution < 1.29 is 28.7 Å². The third-order valence-corrected chi connectivity index (χ3v) is 12.8. The van der Waals surface area contributed by atoms with Crippen LogP contribution in [0.2, 0.25) is 5.02 Å². The summed E-state index contributed by atoms with van der Waals surface area (Å²) < 4.78 is 6.36. The Kier molecular flexibility index (Phi) is 9.40. The lowest BCUT2D eigenvalue weighted by Crippen LogP contribution is -2.74. The second-order valence-corrected chi connectivity index (χ2v) is 17.3. The molecule has 3 aromatic rings. The van der Waals surface area contributed by atoms with E-state index in [1.165, 1.54) is 0 Å². The van der Waals surface area contributed by atoms with E-state index >= 15 is 0 Å². The van der Waals surface area contributed by atoms with E-state index in [1.807, 2.05) is 24.3 Å². The Labute approximate surface area is 330 Å². The molecule has 13 nitrogen and oxygen atoms in total. The average molecular weight is 778 g/mol. The van der Waals surface area contributed by atoms with E-state index in [0.717, 1.165) is 54.3 Å². The first-order chi connectivity index (χ1) is 26.6. The molecule has 5 aliphatic rings. The molecule has 1 aliphatic carbocycles. The SMILES string of the molecule is CC1(C)[C@H](NC(=O)c2ccc(N3CCC(CN4Cc5cc6c(cc5C4)C(=O)N(C4CCC(=O)NC4=O)C6=O)CC3)nc2)C(C)(C)[C@H]1Oc1ccc(C#N)c(Cl)c1. The Bertz CT molecular complexity index is 2150. The van der Waals surface area contributed by atoms with Crippen LogP contribution >= 0.6 is 11.6 Å². The maximum atomic E-state index is 13.5. The molecule has 4 aliphatic heterocycles. The maximum Gasteiger partial charge on any atom is 0.262 e. The number of ether oxygens (including phenoxy) is 1. The summed E-state index contributed by atoms with van der Waals surface area (Å²) in [5.41, 5.74) is 2.81. The topological polar surface area (TPSA) is 165 Å². The van der Waals surface area contributed by atoms with E-state index < -0.39 is 29.7 Å². The molecule has 0 spiro atoms. The maximum absolute atomic E-state index is 13.5. The minimum Gasteiger partial charge on any atom is -0.489 e. The number of nitrogens with one attached hydrogen (secondary N) is 2. The predicted molar refractivity (Wildman–Crippen MR) is 206 cm³/mol. The standard InChI is InChI=1S/C42H44ClN7O6/c1-41(2)39(42(3,4)40(41)56-28-7-5-24(18-44)31(43)17-28)47-35(52)25-6-9-33(45-19-25)49-13-11-23(12-14-49)20-48-21-26-15-29-30(16-27(26)22-48)38(55)50(37(29)54)32-8-10-34(51)46-36(32)53/h5-7,9,15-17,19,23,32,39-40H,8,10-14,20-22H2,1-4H3,(H,47,52)(H,46,51,53)/t32?,39-,40-. The number of nitrogens with zero attached hydrogens (tertiary/aromatic N) is 5. The van der Waals surface area contributed by atoms with Crippen LogP contribution in [0.5, 0.6) is 5.75 Å². The summed E-state index contributed by atoms with van der Waals surface area (Å²) in [4.78, 5) is 74.4. The first kappa shape index (κ1) is 37.6. The van der Waals surface area contributed by atoms with Gasteiger partial charge in [-0.3, -0.25) is 39.1 Å². The molecule has 5 heterocycles. The van der Waals surface area contributed by atoms with E-state index in [2.05, 4.69) is 59.2 Å². The van der Waals surface area contributed by atoms with Crippen molar-refractivity contribution in [2.24, 2.45) is 16.7 Å². The number of benzene rings is 2. The van der Waals surface area contributed by atoms with Gasteiger partial charge in [0.05, 0.1) is 27.3 Å². The zero-order valence-electron chi connectivity index (χ0n) is 31.9. The second kappa shape index (κ2) is 14.0. The molecule has 1 saturated carbocycles. The minimum absolute atomic E-state index is 0.0902. The number of imide groups is 2. The molecule has 8 rings (SSSR count). The van der Waals surface area contributed by atoms with Gasteiger partial charge < -0.3 is 15.0 Å². The van der Waals surface area contributed by atoms with Crippen LogP contribution in [0.1, 0.15) is 101 Å². The molecule has 1 unspecified atom stereocenters. The number of halogens is 1. The van der Waals surface area contributed by atoms with Gasteiger partial charge in [-0.05, 0) is 72.7 Å². The molecule has 14 heteroatoms. The largest absolute Gasteiger partial charge is 0.489 e. The van der Waals surface area contributed by atoms with Gasteiger partial charge in [0, 0.05) is 68.3 Å². The third kappa shape index (κ3) is 6.48. The number of piperidine rings is 2. The van der Waals surface area contributed by atoms with Crippen LogP contribution in [-0.4, -0.2) is 82.1 Å². The fourth-order valence-corrected chi connectivity index (χ4v) is 10.0. The molecular weight excluding hydrogens is 734 g/mol. The van der Waals surface area contributed by atoms with Crippen LogP contribution in [0, 0.1) is 28.1 Å². The van der Waals surface area contributed by atoms with Crippen LogP contribution in [0.4, 0.5) is 5.82 Å². The molecule has 3 fully saturated rings. The third-order valence-electron chi connectivity index (χ3n) is 12.4. The minimum atomic E-state index is -0.971. The summed E-state index contributed by atoms with van der Waals surface area (Å²) in [6, 6.07) is 13.3. The van der Waals surface area contributed by atoms with E-state index in [1.54, 1.807) is 24.4 Å². The highest BCUT2D eigenvalue weighted by Gasteiger charge is 2.64. The number of anilines is 1. The number of nitriles is 1. The van der Waals surface area contributed by atoms with Crippen LogP contribution in [0.15, 0.2) is 48.7 Å². The number of carbonyl (C=O) groups is 5. The molecule has 290 valence electrons. The van der Waals surface area contributed by atoms with E-state index in [0.29, 0.717) is 52.0 Å². The highest BCUT2D eigenvalue weighted by molar-refractivity contribution is 6.31. The van der Waals surface area contributed by atoms with Gasteiger partial charge in [0.1, 0.15) is 29.8 Å². The van der Waals surface area contributed by atoms with Gasteiger partial charge in [-0.25, -0.2) is 4.98 Å². The lowest BCUT2D eigenvalue weighted by molar-refractivity contribution is -0.164. The monoisotopic (exact) mass is 777 g/mol. The Morgan fingerprint density at radius 1 is 0.964 bits per heavy atom. The van der Waals surface area contributed by atoms with Crippen molar-refractivity contribution in [3.8, 4) is 11.8 Å². The van der Waals surface area contributed by atoms with Crippen LogP contribution in [0.3, 0.4) is 0 Å². The molecule has 1 aromatic heterocycles. The van der Waals surface area contributed by atoms with Gasteiger partial charge in [0.2, 0.25) is 11.8 Å². The molecule has 2 saturated heterocycles. The highest BCUT2D eigenvalue weighted by atomic mass is 35.5. The summed E-state index contributed by atoms with van der Waals surface area (Å²) in [6.45, 7) is 12.2. The number of amides is 5. The number of aromatic nitrogens is 1. The smallest absolute Gasteiger partial charge is 0.262 e. The summed E-state index contributed by atoms with van der Waals surface area (Å²) in [5, 5.41) is 15.0. The Morgan fingerprint density at radius 3 is 2.20 bits per heavy atom. The van der Waals surface area contributed by atoms with Crippen molar-refractivity contribution >= 4 is 47.0 Å². The van der Waals surface area contributed by atoms with Crippen LogP contribution in [0.25, 0.3) is 0 Å². The molecule has 2 aromatic carbocycles. The van der Waals surface area contributed by atoms with E-state index in [9.17, 15) is 29.2 Å². The summed E-state index contributed by atoms with van der Waals surface area (Å²) in [6.07, 6.45) is 3.62.